The van der Waals surface area contributed by atoms with E-state index in [9.17, 15) is 13.2 Å². The van der Waals surface area contributed by atoms with Gasteiger partial charge in [0.05, 0.1) is 10.5 Å². The van der Waals surface area contributed by atoms with Gasteiger partial charge in [-0.1, -0.05) is 0 Å². The van der Waals surface area contributed by atoms with Gasteiger partial charge in [-0.3, -0.25) is 4.79 Å². The van der Waals surface area contributed by atoms with Crippen molar-refractivity contribution in [2.75, 3.05) is 16.2 Å². The minimum atomic E-state index is -3.79. The first-order valence-electron chi connectivity index (χ1n) is 7.81. The number of nitrogens with zero attached hydrogens (tertiary/aromatic N) is 3. The highest BCUT2D eigenvalue weighted by atomic mass is 32.2. The predicted octanol–water partition coefficient (Wildman–Crippen LogP) is 2.54. The molecule has 26 heavy (non-hydrogen) atoms. The molecule has 0 fully saturated rings. The van der Waals surface area contributed by atoms with Gasteiger partial charge in [-0.15, -0.1) is 0 Å². The van der Waals surface area contributed by atoms with Crippen LogP contribution >= 0.6 is 11.3 Å². The second-order valence-corrected chi connectivity index (χ2v) is 8.15. The molecule has 0 atom stereocenters. The fourth-order valence-electron chi connectivity index (χ4n) is 2.83. The summed E-state index contributed by atoms with van der Waals surface area (Å²) in [5.74, 6) is -0.0568. The summed E-state index contributed by atoms with van der Waals surface area (Å²) < 4.78 is 27.4. The Bertz CT molecular complexity index is 1050. The van der Waals surface area contributed by atoms with Crippen LogP contribution in [0.5, 0.6) is 0 Å². The fourth-order valence-corrected chi connectivity index (χ4v) is 4.47. The molecule has 1 N–H and O–H groups in total. The first-order chi connectivity index (χ1) is 12.5. The van der Waals surface area contributed by atoms with E-state index >= 15 is 0 Å². The number of rotatable bonds is 4. The third-order valence-corrected chi connectivity index (χ3v) is 6.07. The third-order valence-electron chi connectivity index (χ3n) is 4.06. The second-order valence-electron chi connectivity index (χ2n) is 5.69. The lowest BCUT2D eigenvalue weighted by Crippen LogP contribution is -2.28. The van der Waals surface area contributed by atoms with Crippen molar-refractivity contribution in [1.29, 1.82) is 0 Å². The van der Waals surface area contributed by atoms with E-state index in [0.29, 0.717) is 18.5 Å². The summed E-state index contributed by atoms with van der Waals surface area (Å²) >= 11 is 1.47. The normalized spacial score (nSPS) is 13.5. The average Bonchev–Trinajstić information content (AvgIpc) is 3.31. The number of benzene rings is 1. The maximum Gasteiger partial charge on any atom is 0.264 e. The van der Waals surface area contributed by atoms with Crippen molar-refractivity contribution >= 4 is 38.9 Å². The molecule has 1 amide bonds. The average molecular weight is 386 g/mol. The number of amides is 1. The number of carbonyl (C=O) groups is 1. The number of aromatic nitrogens is 2. The van der Waals surface area contributed by atoms with Crippen LogP contribution in [0, 0.1) is 0 Å². The molecule has 7 nitrogen and oxygen atoms in total. The highest BCUT2D eigenvalue weighted by molar-refractivity contribution is 7.92. The first kappa shape index (κ1) is 16.7. The predicted molar refractivity (Wildman–Crippen MR) is 99.0 cm³/mol. The Morgan fingerprint density at radius 2 is 2.00 bits per heavy atom. The Labute approximate surface area is 154 Å². The Morgan fingerprint density at radius 3 is 2.73 bits per heavy atom. The second kappa shape index (κ2) is 6.50. The van der Waals surface area contributed by atoms with Gasteiger partial charge in [0.15, 0.2) is 0 Å². The van der Waals surface area contributed by atoms with Crippen LogP contribution in [0.2, 0.25) is 0 Å². The maximum absolute atomic E-state index is 12.6. The molecule has 1 aliphatic heterocycles. The molecule has 0 unspecified atom stereocenters. The van der Waals surface area contributed by atoms with Gasteiger partial charge in [-0.2, -0.15) is 11.3 Å². The molecule has 0 saturated carbocycles. The van der Waals surface area contributed by atoms with E-state index in [1.165, 1.54) is 29.8 Å². The van der Waals surface area contributed by atoms with E-state index in [0.717, 1.165) is 11.3 Å². The molecular weight excluding hydrogens is 372 g/mol. The zero-order chi connectivity index (χ0) is 18.1. The van der Waals surface area contributed by atoms with Crippen molar-refractivity contribution in [2.24, 2.45) is 0 Å². The number of carbonyl (C=O) groups excluding carboxylic acids is 1. The zero-order valence-electron chi connectivity index (χ0n) is 13.5. The van der Waals surface area contributed by atoms with Gasteiger partial charge in [-0.25, -0.2) is 23.1 Å². The van der Waals surface area contributed by atoms with Gasteiger partial charge in [0, 0.05) is 30.0 Å². The van der Waals surface area contributed by atoms with E-state index in [1.807, 2.05) is 10.8 Å². The quantitative estimate of drug-likeness (QED) is 0.744. The monoisotopic (exact) mass is 386 g/mol. The van der Waals surface area contributed by atoms with E-state index in [4.69, 9.17) is 0 Å². The maximum atomic E-state index is 12.6. The van der Waals surface area contributed by atoms with E-state index in [-0.39, 0.29) is 16.8 Å². The largest absolute Gasteiger partial charge is 0.308 e. The Morgan fingerprint density at radius 1 is 1.19 bits per heavy atom. The number of fused-ring (bicyclic) bond motifs is 1. The summed E-state index contributed by atoms with van der Waals surface area (Å²) in [4.78, 5) is 22.1. The smallest absolute Gasteiger partial charge is 0.264 e. The molecule has 1 aliphatic rings. The lowest BCUT2D eigenvalue weighted by molar-refractivity contribution is 0.0990. The van der Waals surface area contributed by atoms with Crippen LogP contribution in [0.25, 0.3) is 0 Å². The molecule has 0 saturated heterocycles. The Balaban J connectivity index is 1.61. The SMILES string of the molecule is O=C(c1ccsc1)N1CCc2cc(S(=O)(=O)Nc3ncccn3)ccc21. The molecule has 9 heteroatoms. The van der Waals surface area contributed by atoms with Crippen molar-refractivity contribution in [3.8, 4) is 0 Å². The lowest BCUT2D eigenvalue weighted by Gasteiger charge is -2.17. The summed E-state index contributed by atoms with van der Waals surface area (Å²) in [6.45, 7) is 0.530. The standard InChI is InChI=1S/C17H14N4O3S2/c22-16(13-5-9-25-11-13)21-8-4-12-10-14(2-3-15(12)21)26(23,24)20-17-18-6-1-7-19-17/h1-3,5-7,9-11H,4,8H2,(H,18,19,20). The van der Waals surface area contributed by atoms with Gasteiger partial charge in [-0.05, 0) is 47.7 Å². The molecule has 132 valence electrons. The topological polar surface area (TPSA) is 92.3 Å². The number of thiophene rings is 1. The summed E-state index contributed by atoms with van der Waals surface area (Å²) in [6.07, 6.45) is 3.53. The van der Waals surface area contributed by atoms with Crippen LogP contribution < -0.4 is 9.62 Å². The highest BCUT2D eigenvalue weighted by Crippen LogP contribution is 2.32. The van der Waals surface area contributed by atoms with Crippen LogP contribution in [0.15, 0.2) is 58.4 Å². The number of hydrogen-bond donors (Lipinski definition) is 1. The Kier molecular flexibility index (Phi) is 4.17. The lowest BCUT2D eigenvalue weighted by atomic mass is 10.2. The van der Waals surface area contributed by atoms with Gasteiger partial charge < -0.3 is 4.90 Å². The van der Waals surface area contributed by atoms with Crippen molar-refractivity contribution in [3.63, 3.8) is 0 Å². The molecule has 4 rings (SSSR count). The minimum absolute atomic E-state index is 0.0160. The molecule has 0 aliphatic carbocycles. The summed E-state index contributed by atoms with van der Waals surface area (Å²) in [5, 5.41) is 3.67. The van der Waals surface area contributed by atoms with E-state index < -0.39 is 10.0 Å². The molecule has 0 bridgehead atoms. The highest BCUT2D eigenvalue weighted by Gasteiger charge is 2.27. The summed E-state index contributed by atoms with van der Waals surface area (Å²) in [5.41, 5.74) is 2.21. The molecule has 1 aromatic carbocycles. The van der Waals surface area contributed by atoms with E-state index in [1.54, 1.807) is 29.2 Å². The van der Waals surface area contributed by atoms with Crippen LogP contribution in [0.4, 0.5) is 11.6 Å². The van der Waals surface area contributed by atoms with Crippen LogP contribution in [-0.4, -0.2) is 30.8 Å². The summed E-state index contributed by atoms with van der Waals surface area (Å²) in [6, 6.07) is 8.15. The van der Waals surface area contributed by atoms with Crippen LogP contribution in [0.3, 0.4) is 0 Å². The van der Waals surface area contributed by atoms with Gasteiger partial charge in [0.2, 0.25) is 5.95 Å². The first-order valence-corrected chi connectivity index (χ1v) is 10.2. The van der Waals surface area contributed by atoms with Crippen molar-refractivity contribution in [1.82, 2.24) is 9.97 Å². The fraction of sp³-hybridized carbons (Fsp3) is 0.118. The van der Waals surface area contributed by atoms with Gasteiger partial charge in [0.25, 0.3) is 15.9 Å². The van der Waals surface area contributed by atoms with Crippen LogP contribution in [-0.2, 0) is 16.4 Å². The van der Waals surface area contributed by atoms with Gasteiger partial charge in [0.1, 0.15) is 0 Å². The molecule has 2 aromatic heterocycles. The number of nitrogens with one attached hydrogen (secondary N) is 1. The third kappa shape index (κ3) is 3.06. The minimum Gasteiger partial charge on any atom is -0.308 e. The summed E-state index contributed by atoms with van der Waals surface area (Å²) in [7, 11) is -3.79. The number of anilines is 2. The van der Waals surface area contributed by atoms with Gasteiger partial charge >= 0.3 is 0 Å². The number of sulfonamides is 1. The Hall–Kier alpha value is -2.78. The van der Waals surface area contributed by atoms with Crippen molar-refractivity contribution in [3.05, 3.63) is 64.6 Å². The molecule has 3 heterocycles. The van der Waals surface area contributed by atoms with Crippen LogP contribution in [0.1, 0.15) is 15.9 Å². The number of hydrogen-bond acceptors (Lipinski definition) is 6. The van der Waals surface area contributed by atoms with Crippen molar-refractivity contribution in [2.45, 2.75) is 11.3 Å². The van der Waals surface area contributed by atoms with Crippen molar-refractivity contribution < 1.29 is 13.2 Å². The zero-order valence-corrected chi connectivity index (χ0v) is 15.1. The molecular formula is C17H14N4O3S2. The molecule has 3 aromatic rings. The molecule has 0 spiro atoms. The molecule has 0 radical (unpaired) electrons. The van der Waals surface area contributed by atoms with E-state index in [2.05, 4.69) is 14.7 Å².